The molecule has 0 radical (unpaired) electrons. The van der Waals surface area contributed by atoms with Gasteiger partial charge in [-0.1, -0.05) is 6.08 Å². The summed E-state index contributed by atoms with van der Waals surface area (Å²) in [4.78, 5) is 29.4. The number of amides is 1. The summed E-state index contributed by atoms with van der Waals surface area (Å²) < 4.78 is 6.66. The lowest BCUT2D eigenvalue weighted by Gasteiger charge is -2.26. The number of carbonyl (C=O) groups is 2. The SMILES string of the molecule is CC(C)(C)OC(=O)n1cncc1C=CCN1CCNCC1=O. The molecule has 0 saturated carbocycles. The van der Waals surface area contributed by atoms with Crippen LogP contribution in [0.15, 0.2) is 18.6 Å². The average molecular weight is 306 g/mol. The van der Waals surface area contributed by atoms with Gasteiger partial charge in [-0.2, -0.15) is 0 Å². The molecule has 2 heterocycles. The van der Waals surface area contributed by atoms with Crippen molar-refractivity contribution in [3.05, 3.63) is 24.3 Å². The van der Waals surface area contributed by atoms with Gasteiger partial charge in [-0.15, -0.1) is 0 Å². The molecule has 7 heteroatoms. The van der Waals surface area contributed by atoms with Crippen molar-refractivity contribution in [2.45, 2.75) is 26.4 Å². The second kappa shape index (κ2) is 6.74. The fraction of sp³-hybridized carbons (Fsp3) is 0.533. The summed E-state index contributed by atoms with van der Waals surface area (Å²) in [7, 11) is 0. The lowest BCUT2D eigenvalue weighted by Crippen LogP contribution is -2.47. The molecule has 1 saturated heterocycles. The Bertz CT molecular complexity index is 572. The maximum Gasteiger partial charge on any atom is 0.420 e. The summed E-state index contributed by atoms with van der Waals surface area (Å²) in [6.07, 6.45) is 6.15. The number of rotatable bonds is 3. The van der Waals surface area contributed by atoms with Crippen molar-refractivity contribution in [3.63, 3.8) is 0 Å². The molecule has 120 valence electrons. The maximum atomic E-state index is 12.1. The van der Waals surface area contributed by atoms with E-state index in [0.29, 0.717) is 25.3 Å². The van der Waals surface area contributed by atoms with E-state index in [1.165, 1.54) is 10.9 Å². The molecule has 22 heavy (non-hydrogen) atoms. The Hall–Kier alpha value is -2.15. The van der Waals surface area contributed by atoms with Crippen molar-refractivity contribution in [2.24, 2.45) is 0 Å². The van der Waals surface area contributed by atoms with E-state index in [1.807, 2.05) is 26.8 Å². The van der Waals surface area contributed by atoms with Gasteiger partial charge in [-0.3, -0.25) is 4.79 Å². The molecule has 1 amide bonds. The Morgan fingerprint density at radius 1 is 1.50 bits per heavy atom. The topological polar surface area (TPSA) is 76.5 Å². The van der Waals surface area contributed by atoms with Gasteiger partial charge in [-0.05, 0) is 26.8 Å². The minimum absolute atomic E-state index is 0.0801. The normalized spacial score (nSPS) is 16.3. The monoisotopic (exact) mass is 306 g/mol. The summed E-state index contributed by atoms with van der Waals surface area (Å²) in [6, 6.07) is 0. The van der Waals surface area contributed by atoms with Crippen molar-refractivity contribution in [2.75, 3.05) is 26.2 Å². The minimum Gasteiger partial charge on any atom is -0.443 e. The molecule has 0 bridgehead atoms. The smallest absolute Gasteiger partial charge is 0.420 e. The van der Waals surface area contributed by atoms with Gasteiger partial charge in [-0.25, -0.2) is 14.3 Å². The van der Waals surface area contributed by atoms with Crippen LogP contribution in [-0.2, 0) is 9.53 Å². The zero-order valence-electron chi connectivity index (χ0n) is 13.2. The van der Waals surface area contributed by atoms with Crippen LogP contribution in [-0.4, -0.2) is 58.2 Å². The van der Waals surface area contributed by atoms with E-state index in [0.717, 1.165) is 6.54 Å². The molecule has 1 aromatic heterocycles. The molecule has 1 N–H and O–H groups in total. The standard InChI is InChI=1S/C15H22N4O3/c1-15(2,3)22-14(21)19-11-17-9-12(19)5-4-7-18-8-6-16-10-13(18)20/h4-5,9,11,16H,6-8,10H2,1-3H3. The van der Waals surface area contributed by atoms with Crippen LogP contribution in [0.1, 0.15) is 26.5 Å². The molecular weight excluding hydrogens is 284 g/mol. The Balaban J connectivity index is 1.98. The number of hydrogen-bond acceptors (Lipinski definition) is 5. The summed E-state index contributed by atoms with van der Waals surface area (Å²) in [6.45, 7) is 7.82. The number of aromatic nitrogens is 2. The second-order valence-corrected chi connectivity index (χ2v) is 6.09. The first-order valence-corrected chi connectivity index (χ1v) is 7.27. The van der Waals surface area contributed by atoms with Gasteiger partial charge in [0.1, 0.15) is 11.9 Å². The number of piperazine rings is 1. The lowest BCUT2D eigenvalue weighted by molar-refractivity contribution is -0.131. The first kappa shape index (κ1) is 16.2. The number of ether oxygens (including phenoxy) is 1. The van der Waals surface area contributed by atoms with Crippen LogP contribution in [0.25, 0.3) is 6.08 Å². The fourth-order valence-corrected chi connectivity index (χ4v) is 2.03. The molecule has 1 aromatic rings. The molecule has 7 nitrogen and oxygen atoms in total. The maximum absolute atomic E-state index is 12.1. The molecule has 0 atom stereocenters. The van der Waals surface area contributed by atoms with Gasteiger partial charge in [0, 0.05) is 19.6 Å². The van der Waals surface area contributed by atoms with Crippen LogP contribution < -0.4 is 5.32 Å². The number of carbonyl (C=O) groups excluding carboxylic acids is 2. The van der Waals surface area contributed by atoms with Crippen molar-refractivity contribution in [3.8, 4) is 0 Å². The van der Waals surface area contributed by atoms with E-state index < -0.39 is 11.7 Å². The highest BCUT2D eigenvalue weighted by atomic mass is 16.6. The summed E-state index contributed by atoms with van der Waals surface area (Å²) in [5.41, 5.74) is 0.0621. The third-order valence-corrected chi connectivity index (χ3v) is 3.06. The Kier molecular flexibility index (Phi) is 4.97. The van der Waals surface area contributed by atoms with E-state index >= 15 is 0 Å². The van der Waals surface area contributed by atoms with Crippen molar-refractivity contribution >= 4 is 18.1 Å². The zero-order valence-corrected chi connectivity index (χ0v) is 13.2. The van der Waals surface area contributed by atoms with Gasteiger partial charge in [0.05, 0.1) is 18.4 Å². The average Bonchev–Trinajstić information content (AvgIpc) is 2.87. The van der Waals surface area contributed by atoms with Crippen LogP contribution >= 0.6 is 0 Å². The molecule has 1 aliphatic rings. The fourth-order valence-electron chi connectivity index (χ4n) is 2.03. The molecule has 1 fully saturated rings. The van der Waals surface area contributed by atoms with Crippen LogP contribution in [0.5, 0.6) is 0 Å². The number of hydrogen-bond donors (Lipinski definition) is 1. The van der Waals surface area contributed by atoms with Crippen LogP contribution in [0.4, 0.5) is 4.79 Å². The molecule has 0 unspecified atom stereocenters. The second-order valence-electron chi connectivity index (χ2n) is 6.09. The number of nitrogens with one attached hydrogen (secondary N) is 1. The summed E-state index contributed by atoms with van der Waals surface area (Å²) in [5.74, 6) is 0.0801. The first-order chi connectivity index (χ1) is 10.4. The van der Waals surface area contributed by atoms with Crippen LogP contribution in [0.2, 0.25) is 0 Å². The van der Waals surface area contributed by atoms with Gasteiger partial charge in [0.25, 0.3) is 0 Å². The first-order valence-electron chi connectivity index (χ1n) is 7.27. The van der Waals surface area contributed by atoms with Crippen LogP contribution in [0.3, 0.4) is 0 Å². The third kappa shape index (κ3) is 4.42. The molecule has 2 rings (SSSR count). The number of imidazole rings is 1. The summed E-state index contributed by atoms with van der Waals surface area (Å²) >= 11 is 0. The van der Waals surface area contributed by atoms with Gasteiger partial charge < -0.3 is 15.0 Å². The third-order valence-electron chi connectivity index (χ3n) is 3.06. The molecular formula is C15H22N4O3. The lowest BCUT2D eigenvalue weighted by atomic mass is 10.2. The van der Waals surface area contributed by atoms with Crippen molar-refractivity contribution in [1.29, 1.82) is 0 Å². The highest BCUT2D eigenvalue weighted by Crippen LogP contribution is 2.11. The Labute approximate surface area is 130 Å². The van der Waals surface area contributed by atoms with Crippen LogP contribution in [0, 0.1) is 0 Å². The number of nitrogens with zero attached hydrogens (tertiary/aromatic N) is 3. The van der Waals surface area contributed by atoms with Gasteiger partial charge in [0.15, 0.2) is 0 Å². The van der Waals surface area contributed by atoms with Crippen molar-refractivity contribution in [1.82, 2.24) is 19.8 Å². The quantitative estimate of drug-likeness (QED) is 0.905. The minimum atomic E-state index is -0.560. The highest BCUT2D eigenvalue weighted by molar-refractivity contribution is 5.79. The van der Waals surface area contributed by atoms with E-state index in [-0.39, 0.29) is 5.91 Å². The molecule has 0 aliphatic carbocycles. The van der Waals surface area contributed by atoms with Gasteiger partial charge >= 0.3 is 6.09 Å². The zero-order chi connectivity index (χ0) is 16.2. The van der Waals surface area contributed by atoms with E-state index in [2.05, 4.69) is 10.3 Å². The highest BCUT2D eigenvalue weighted by Gasteiger charge is 2.19. The summed E-state index contributed by atoms with van der Waals surface area (Å²) in [5, 5.41) is 3.02. The Morgan fingerprint density at radius 3 is 2.95 bits per heavy atom. The predicted octanol–water partition coefficient (Wildman–Crippen LogP) is 1.11. The Morgan fingerprint density at radius 2 is 2.27 bits per heavy atom. The van der Waals surface area contributed by atoms with E-state index in [4.69, 9.17) is 4.74 Å². The van der Waals surface area contributed by atoms with Crippen molar-refractivity contribution < 1.29 is 14.3 Å². The largest absolute Gasteiger partial charge is 0.443 e. The molecule has 0 spiro atoms. The van der Waals surface area contributed by atoms with E-state index in [1.54, 1.807) is 17.2 Å². The van der Waals surface area contributed by atoms with E-state index in [9.17, 15) is 9.59 Å². The van der Waals surface area contributed by atoms with Gasteiger partial charge in [0.2, 0.25) is 5.91 Å². The molecule has 0 aromatic carbocycles. The predicted molar refractivity (Wildman–Crippen MR) is 82.3 cm³/mol. The molecule has 1 aliphatic heterocycles.